The molecule has 0 radical (unpaired) electrons. The Kier molecular flexibility index (Phi) is 5.55. The lowest BCUT2D eigenvalue weighted by molar-refractivity contribution is -0.194. The van der Waals surface area contributed by atoms with E-state index in [9.17, 15) is 14.4 Å². The highest BCUT2D eigenvalue weighted by molar-refractivity contribution is 5.79. The average molecular weight is 419 g/mol. The summed E-state index contributed by atoms with van der Waals surface area (Å²) in [5.41, 5.74) is -0.0449. The number of esters is 2. The minimum absolute atomic E-state index is 0.155. The standard InChI is InChI=1S/C25H38O5/c1-14(23(28)29-5)19-8-9-20-18-7-6-16-12-17(27)10-11-24(16,3)21(18)13-22(25(19,20)4)30-15(2)26/h14,16,18-22H,6-13H2,1-5H3/t14-,16+,18-,19+,20-,21-,22-,24-,25+/m0/s1. The van der Waals surface area contributed by atoms with Gasteiger partial charge in [-0.3, -0.25) is 14.4 Å². The van der Waals surface area contributed by atoms with Gasteiger partial charge in [0.15, 0.2) is 0 Å². The van der Waals surface area contributed by atoms with Crippen LogP contribution < -0.4 is 0 Å². The lowest BCUT2D eigenvalue weighted by atomic mass is 9.44. The van der Waals surface area contributed by atoms with Crippen LogP contribution in [0.2, 0.25) is 0 Å². The number of Topliss-reactive ketones (excluding diaryl/α,β-unsaturated/α-hetero) is 1. The molecular weight excluding hydrogens is 380 g/mol. The maximum atomic E-state index is 12.4. The summed E-state index contributed by atoms with van der Waals surface area (Å²) < 4.78 is 11.1. The molecule has 4 aliphatic carbocycles. The van der Waals surface area contributed by atoms with Crippen molar-refractivity contribution in [3.05, 3.63) is 0 Å². The van der Waals surface area contributed by atoms with Gasteiger partial charge in [0, 0.05) is 25.2 Å². The summed E-state index contributed by atoms with van der Waals surface area (Å²) in [6.45, 7) is 8.16. The first-order valence-corrected chi connectivity index (χ1v) is 11.9. The van der Waals surface area contributed by atoms with Gasteiger partial charge >= 0.3 is 11.9 Å². The van der Waals surface area contributed by atoms with Crippen molar-refractivity contribution < 1.29 is 23.9 Å². The van der Waals surface area contributed by atoms with Crippen molar-refractivity contribution in [2.24, 2.45) is 46.3 Å². The van der Waals surface area contributed by atoms with E-state index in [0.717, 1.165) is 44.9 Å². The van der Waals surface area contributed by atoms with E-state index in [1.807, 2.05) is 6.92 Å². The van der Waals surface area contributed by atoms with Crippen LogP contribution in [0, 0.1) is 46.3 Å². The van der Waals surface area contributed by atoms with E-state index >= 15 is 0 Å². The number of fused-ring (bicyclic) bond motifs is 5. The zero-order valence-corrected chi connectivity index (χ0v) is 19.2. The molecule has 168 valence electrons. The minimum Gasteiger partial charge on any atom is -0.469 e. The smallest absolute Gasteiger partial charge is 0.308 e. The highest BCUT2D eigenvalue weighted by atomic mass is 16.5. The maximum absolute atomic E-state index is 12.4. The number of ether oxygens (including phenoxy) is 2. The van der Waals surface area contributed by atoms with Gasteiger partial charge in [-0.25, -0.2) is 0 Å². The summed E-state index contributed by atoms with van der Waals surface area (Å²) >= 11 is 0. The van der Waals surface area contributed by atoms with Gasteiger partial charge in [-0.15, -0.1) is 0 Å². The molecule has 0 aromatic rings. The van der Waals surface area contributed by atoms with Crippen molar-refractivity contribution in [3.63, 3.8) is 0 Å². The third kappa shape index (κ3) is 3.14. The predicted molar refractivity (Wildman–Crippen MR) is 112 cm³/mol. The van der Waals surface area contributed by atoms with Crippen LogP contribution in [0.3, 0.4) is 0 Å². The number of ketones is 1. The summed E-state index contributed by atoms with van der Waals surface area (Å²) in [5, 5.41) is 0. The molecular formula is C25H38O5. The van der Waals surface area contributed by atoms with Gasteiger partial charge in [0.25, 0.3) is 0 Å². The third-order valence-electron chi connectivity index (χ3n) is 10.1. The van der Waals surface area contributed by atoms with Crippen LogP contribution in [0.25, 0.3) is 0 Å². The van der Waals surface area contributed by atoms with Crippen LogP contribution in [-0.4, -0.2) is 30.9 Å². The van der Waals surface area contributed by atoms with E-state index in [1.165, 1.54) is 14.0 Å². The van der Waals surface area contributed by atoms with E-state index in [0.29, 0.717) is 35.9 Å². The SMILES string of the molecule is COC(=O)[C@@H](C)[C@H]1CC[C@H]2[C@@H]3CC[C@@H]4CC(=O)CC[C@]4(C)[C@H]3C[C@H](OC(C)=O)[C@]12C. The molecule has 0 heterocycles. The van der Waals surface area contributed by atoms with E-state index < -0.39 is 0 Å². The van der Waals surface area contributed by atoms with Crippen molar-refractivity contribution in [2.75, 3.05) is 7.11 Å². The number of methoxy groups -OCH3 is 1. The third-order valence-corrected chi connectivity index (χ3v) is 10.1. The van der Waals surface area contributed by atoms with Crippen LogP contribution in [-0.2, 0) is 23.9 Å². The molecule has 0 aromatic heterocycles. The van der Waals surface area contributed by atoms with Gasteiger partial charge in [-0.2, -0.15) is 0 Å². The Morgan fingerprint density at radius 3 is 2.50 bits per heavy atom. The van der Waals surface area contributed by atoms with Crippen LogP contribution in [0.4, 0.5) is 0 Å². The van der Waals surface area contributed by atoms with E-state index in [4.69, 9.17) is 9.47 Å². The topological polar surface area (TPSA) is 69.7 Å². The lowest BCUT2D eigenvalue weighted by Gasteiger charge is -2.62. The Morgan fingerprint density at radius 2 is 1.83 bits per heavy atom. The van der Waals surface area contributed by atoms with Crippen molar-refractivity contribution in [3.8, 4) is 0 Å². The molecule has 0 amide bonds. The normalized spacial score (nSPS) is 46.2. The molecule has 4 fully saturated rings. The van der Waals surface area contributed by atoms with E-state index in [1.54, 1.807) is 0 Å². The van der Waals surface area contributed by atoms with Gasteiger partial charge in [-0.1, -0.05) is 20.8 Å². The number of carbonyl (C=O) groups is 3. The number of carbonyl (C=O) groups excluding carboxylic acids is 3. The monoisotopic (exact) mass is 418 g/mol. The molecule has 4 rings (SSSR count). The molecule has 0 saturated heterocycles. The second kappa shape index (κ2) is 7.63. The Hall–Kier alpha value is -1.39. The van der Waals surface area contributed by atoms with E-state index in [-0.39, 0.29) is 40.7 Å². The summed E-state index contributed by atoms with van der Waals surface area (Å²) in [5.74, 6) is 1.99. The molecule has 0 aliphatic heterocycles. The fraction of sp³-hybridized carbons (Fsp3) is 0.880. The molecule has 4 aliphatic rings. The van der Waals surface area contributed by atoms with Crippen molar-refractivity contribution in [2.45, 2.75) is 85.2 Å². The zero-order valence-electron chi connectivity index (χ0n) is 19.2. The predicted octanol–water partition coefficient (Wildman–Crippen LogP) is 4.57. The first-order valence-electron chi connectivity index (χ1n) is 11.9. The van der Waals surface area contributed by atoms with Crippen LogP contribution in [0.1, 0.15) is 79.1 Å². The molecule has 0 aromatic carbocycles. The van der Waals surface area contributed by atoms with Crippen molar-refractivity contribution >= 4 is 17.7 Å². The quantitative estimate of drug-likeness (QED) is 0.628. The van der Waals surface area contributed by atoms with Gasteiger partial charge in [0.1, 0.15) is 11.9 Å². The van der Waals surface area contributed by atoms with Crippen molar-refractivity contribution in [1.82, 2.24) is 0 Å². The highest BCUT2D eigenvalue weighted by Gasteiger charge is 2.65. The minimum atomic E-state index is -0.230. The number of rotatable bonds is 3. The Bertz CT molecular complexity index is 731. The molecule has 0 spiro atoms. The second-order valence-corrected chi connectivity index (χ2v) is 11.1. The van der Waals surface area contributed by atoms with Crippen LogP contribution in [0.5, 0.6) is 0 Å². The maximum Gasteiger partial charge on any atom is 0.308 e. The molecule has 0 N–H and O–H groups in total. The Balaban J connectivity index is 1.70. The second-order valence-electron chi connectivity index (χ2n) is 11.1. The zero-order chi connectivity index (χ0) is 21.8. The van der Waals surface area contributed by atoms with E-state index in [2.05, 4.69) is 13.8 Å². The van der Waals surface area contributed by atoms with Crippen molar-refractivity contribution in [1.29, 1.82) is 0 Å². The molecule has 30 heavy (non-hydrogen) atoms. The summed E-state index contributed by atoms with van der Waals surface area (Å²) in [6.07, 6.45) is 7.43. The summed E-state index contributed by atoms with van der Waals surface area (Å²) in [6, 6.07) is 0. The number of hydrogen-bond acceptors (Lipinski definition) is 5. The summed E-state index contributed by atoms with van der Waals surface area (Å²) in [7, 11) is 1.46. The molecule has 4 saturated carbocycles. The first kappa shape index (κ1) is 21.8. The molecule has 5 nitrogen and oxygen atoms in total. The average Bonchev–Trinajstić information content (AvgIpc) is 3.06. The fourth-order valence-electron chi connectivity index (χ4n) is 8.56. The van der Waals surface area contributed by atoms with Gasteiger partial charge < -0.3 is 9.47 Å². The van der Waals surface area contributed by atoms with Gasteiger partial charge in [-0.05, 0) is 73.5 Å². The van der Waals surface area contributed by atoms with Crippen LogP contribution in [0.15, 0.2) is 0 Å². The fourth-order valence-corrected chi connectivity index (χ4v) is 8.56. The molecule has 9 atom stereocenters. The molecule has 0 unspecified atom stereocenters. The summed E-state index contributed by atoms with van der Waals surface area (Å²) in [4.78, 5) is 36.7. The van der Waals surface area contributed by atoms with Gasteiger partial charge in [0.2, 0.25) is 0 Å². The number of hydrogen-bond donors (Lipinski definition) is 0. The largest absolute Gasteiger partial charge is 0.469 e. The first-order chi connectivity index (χ1) is 14.1. The molecule has 0 bridgehead atoms. The Morgan fingerprint density at radius 1 is 1.10 bits per heavy atom. The highest BCUT2D eigenvalue weighted by Crippen LogP contribution is 2.68. The van der Waals surface area contributed by atoms with Gasteiger partial charge in [0.05, 0.1) is 13.0 Å². The van der Waals surface area contributed by atoms with Crippen LogP contribution >= 0.6 is 0 Å². The Labute approximate surface area is 180 Å². The molecule has 5 heteroatoms. The lowest BCUT2D eigenvalue weighted by Crippen LogP contribution is -2.59.